The van der Waals surface area contributed by atoms with Crippen LogP contribution in [-0.2, 0) is 12.1 Å². The summed E-state index contributed by atoms with van der Waals surface area (Å²) in [6, 6.07) is 7.33. The van der Waals surface area contributed by atoms with E-state index in [0.29, 0.717) is 35.6 Å². The molecule has 2 aromatic rings. The lowest BCUT2D eigenvalue weighted by Gasteiger charge is -2.24. The van der Waals surface area contributed by atoms with Gasteiger partial charge in [-0.3, -0.25) is 0 Å². The summed E-state index contributed by atoms with van der Waals surface area (Å²) in [7, 11) is 1.61. The molecule has 0 aliphatic rings. The number of halogens is 1. The molecule has 0 saturated carbocycles. The van der Waals surface area contributed by atoms with Gasteiger partial charge in [-0.2, -0.15) is 0 Å². The lowest BCUT2D eigenvalue weighted by atomic mass is 9.96. The van der Waals surface area contributed by atoms with Gasteiger partial charge in [0.25, 0.3) is 0 Å². The van der Waals surface area contributed by atoms with E-state index >= 15 is 0 Å². The summed E-state index contributed by atoms with van der Waals surface area (Å²) in [5.41, 5.74) is 0.602. The van der Waals surface area contributed by atoms with Gasteiger partial charge in [0, 0.05) is 22.7 Å². The largest absolute Gasteiger partial charge is 0.496 e. The monoisotopic (exact) mass is 393 g/mol. The van der Waals surface area contributed by atoms with E-state index in [1.54, 1.807) is 20.1 Å². The molecule has 27 heavy (non-hydrogen) atoms. The van der Waals surface area contributed by atoms with E-state index in [2.05, 4.69) is 15.6 Å². The molecule has 0 fully saturated rings. The van der Waals surface area contributed by atoms with Crippen molar-refractivity contribution in [1.29, 1.82) is 0 Å². The smallest absolute Gasteiger partial charge is 0.191 e. The SMILES string of the molecule is CCNC(=NCc1ccc(Cl)cc1OC)NCC(C)(O)c1cc(C)oc1C. The van der Waals surface area contributed by atoms with E-state index in [1.807, 2.05) is 39.0 Å². The van der Waals surface area contributed by atoms with Crippen molar-refractivity contribution in [2.45, 2.75) is 39.8 Å². The van der Waals surface area contributed by atoms with Crippen molar-refractivity contribution < 1.29 is 14.3 Å². The Kier molecular flexibility index (Phi) is 7.16. The van der Waals surface area contributed by atoms with Crippen LogP contribution in [0.3, 0.4) is 0 Å². The third kappa shape index (κ3) is 5.65. The normalized spacial score (nSPS) is 14.0. The Morgan fingerprint density at radius 3 is 2.63 bits per heavy atom. The maximum absolute atomic E-state index is 10.9. The molecule has 0 aliphatic carbocycles. The van der Waals surface area contributed by atoms with Crippen LogP contribution in [0.25, 0.3) is 0 Å². The summed E-state index contributed by atoms with van der Waals surface area (Å²) in [6.45, 7) is 8.87. The average Bonchev–Trinajstić information content (AvgIpc) is 2.97. The van der Waals surface area contributed by atoms with Crippen molar-refractivity contribution in [1.82, 2.24) is 10.6 Å². The topological polar surface area (TPSA) is 79.0 Å². The fourth-order valence-corrected chi connectivity index (χ4v) is 3.03. The molecule has 1 aromatic heterocycles. The fraction of sp³-hybridized carbons (Fsp3) is 0.450. The molecule has 0 radical (unpaired) electrons. The molecule has 1 aromatic carbocycles. The maximum Gasteiger partial charge on any atom is 0.191 e. The van der Waals surface area contributed by atoms with Crippen molar-refractivity contribution >= 4 is 17.6 Å². The molecule has 0 saturated heterocycles. The Bertz CT molecular complexity index is 800. The number of guanidine groups is 1. The van der Waals surface area contributed by atoms with E-state index in [0.717, 1.165) is 16.9 Å². The van der Waals surface area contributed by atoms with Crippen molar-refractivity contribution in [3.8, 4) is 5.75 Å². The van der Waals surface area contributed by atoms with Crippen LogP contribution >= 0.6 is 11.6 Å². The van der Waals surface area contributed by atoms with Crippen molar-refractivity contribution in [3.63, 3.8) is 0 Å². The zero-order valence-corrected chi connectivity index (χ0v) is 17.3. The molecule has 2 rings (SSSR count). The zero-order chi connectivity index (χ0) is 20.0. The molecule has 1 unspecified atom stereocenters. The van der Waals surface area contributed by atoms with E-state index in [-0.39, 0.29) is 6.54 Å². The minimum Gasteiger partial charge on any atom is -0.496 e. The summed E-state index contributed by atoms with van der Waals surface area (Å²) in [6.07, 6.45) is 0. The Labute approximate surface area is 165 Å². The van der Waals surface area contributed by atoms with Crippen LogP contribution in [0, 0.1) is 13.8 Å². The van der Waals surface area contributed by atoms with Crippen LogP contribution in [-0.4, -0.2) is 31.3 Å². The van der Waals surface area contributed by atoms with Gasteiger partial charge in [0.2, 0.25) is 0 Å². The number of nitrogens with zero attached hydrogens (tertiary/aromatic N) is 1. The highest BCUT2D eigenvalue weighted by Gasteiger charge is 2.27. The predicted octanol–water partition coefficient (Wildman–Crippen LogP) is 3.52. The number of ether oxygens (including phenoxy) is 1. The molecule has 0 bridgehead atoms. The number of aliphatic hydroxyl groups is 1. The average molecular weight is 394 g/mol. The molecule has 0 spiro atoms. The molecule has 7 heteroatoms. The maximum atomic E-state index is 10.9. The van der Waals surface area contributed by atoms with Crippen LogP contribution in [0.4, 0.5) is 0 Å². The number of furan rings is 1. The summed E-state index contributed by atoms with van der Waals surface area (Å²) >= 11 is 6.00. The highest BCUT2D eigenvalue weighted by molar-refractivity contribution is 6.30. The summed E-state index contributed by atoms with van der Waals surface area (Å²) in [4.78, 5) is 4.58. The van der Waals surface area contributed by atoms with Crippen LogP contribution in [0.15, 0.2) is 33.7 Å². The van der Waals surface area contributed by atoms with Gasteiger partial charge in [0.1, 0.15) is 22.9 Å². The Morgan fingerprint density at radius 2 is 2.04 bits per heavy atom. The fourth-order valence-electron chi connectivity index (χ4n) is 2.87. The van der Waals surface area contributed by atoms with Gasteiger partial charge in [-0.15, -0.1) is 0 Å². The number of hydrogen-bond donors (Lipinski definition) is 3. The molecule has 148 valence electrons. The van der Waals surface area contributed by atoms with Crippen LogP contribution in [0.5, 0.6) is 5.75 Å². The Morgan fingerprint density at radius 1 is 1.30 bits per heavy atom. The summed E-state index contributed by atoms with van der Waals surface area (Å²) in [5.74, 6) is 2.79. The highest BCUT2D eigenvalue weighted by Crippen LogP contribution is 2.26. The van der Waals surface area contributed by atoms with E-state index in [1.165, 1.54) is 0 Å². The first-order chi connectivity index (χ1) is 12.8. The Balaban J connectivity index is 2.11. The summed E-state index contributed by atoms with van der Waals surface area (Å²) < 4.78 is 10.9. The number of aliphatic imine (C=N–C) groups is 1. The van der Waals surface area contributed by atoms with Crippen molar-refractivity contribution in [2.24, 2.45) is 4.99 Å². The van der Waals surface area contributed by atoms with Gasteiger partial charge in [-0.25, -0.2) is 4.99 Å². The Hall–Kier alpha value is -2.18. The van der Waals surface area contributed by atoms with Crippen LogP contribution in [0.1, 0.15) is 36.5 Å². The lowest BCUT2D eigenvalue weighted by Crippen LogP contribution is -2.44. The van der Waals surface area contributed by atoms with Gasteiger partial charge in [-0.1, -0.05) is 17.7 Å². The quantitative estimate of drug-likeness (QED) is 0.495. The second kappa shape index (κ2) is 9.15. The summed E-state index contributed by atoms with van der Waals surface area (Å²) in [5, 5.41) is 17.9. The third-order valence-corrected chi connectivity index (χ3v) is 4.46. The number of hydrogen-bond acceptors (Lipinski definition) is 4. The third-order valence-electron chi connectivity index (χ3n) is 4.22. The number of methoxy groups -OCH3 is 1. The first-order valence-electron chi connectivity index (χ1n) is 8.91. The number of benzene rings is 1. The second-order valence-electron chi connectivity index (χ2n) is 6.61. The van der Waals surface area contributed by atoms with E-state index in [9.17, 15) is 5.11 Å². The highest BCUT2D eigenvalue weighted by atomic mass is 35.5. The van der Waals surface area contributed by atoms with Gasteiger partial charge >= 0.3 is 0 Å². The lowest BCUT2D eigenvalue weighted by molar-refractivity contribution is 0.0601. The number of aryl methyl sites for hydroxylation is 2. The van der Waals surface area contributed by atoms with E-state index < -0.39 is 5.60 Å². The molecule has 0 aliphatic heterocycles. The zero-order valence-electron chi connectivity index (χ0n) is 16.5. The van der Waals surface area contributed by atoms with Crippen molar-refractivity contribution in [3.05, 3.63) is 51.9 Å². The van der Waals surface area contributed by atoms with Crippen molar-refractivity contribution in [2.75, 3.05) is 20.2 Å². The molecular formula is C20H28ClN3O3. The minimum absolute atomic E-state index is 0.288. The first-order valence-corrected chi connectivity index (χ1v) is 9.29. The van der Waals surface area contributed by atoms with Crippen LogP contribution < -0.4 is 15.4 Å². The molecule has 1 heterocycles. The standard InChI is InChI=1S/C20H28ClN3O3/c1-6-22-19(23-11-15-7-8-16(21)10-18(15)26-5)24-12-20(4,25)17-9-13(2)27-14(17)3/h7-10,25H,6,11-12H2,1-5H3,(H2,22,23,24). The minimum atomic E-state index is -1.09. The molecule has 3 N–H and O–H groups in total. The second-order valence-corrected chi connectivity index (χ2v) is 7.04. The number of nitrogens with one attached hydrogen (secondary N) is 2. The molecule has 6 nitrogen and oxygen atoms in total. The van der Waals surface area contributed by atoms with Gasteiger partial charge in [0.05, 0.1) is 20.2 Å². The number of rotatable bonds is 7. The molecule has 1 atom stereocenters. The molecular weight excluding hydrogens is 366 g/mol. The van der Waals surface area contributed by atoms with Crippen LogP contribution in [0.2, 0.25) is 5.02 Å². The van der Waals surface area contributed by atoms with Gasteiger partial charge in [-0.05, 0) is 45.9 Å². The van der Waals surface area contributed by atoms with E-state index in [4.69, 9.17) is 20.8 Å². The van der Waals surface area contributed by atoms with Gasteiger partial charge < -0.3 is 24.9 Å². The predicted molar refractivity (Wildman–Crippen MR) is 109 cm³/mol. The first kappa shape index (κ1) is 21.1. The molecule has 0 amide bonds. The van der Waals surface area contributed by atoms with Gasteiger partial charge in [0.15, 0.2) is 5.96 Å².